The normalized spacial score (nSPS) is 12.9. The fourth-order valence-corrected chi connectivity index (χ4v) is 3.37. The zero-order valence-electron chi connectivity index (χ0n) is 17.2. The molecule has 0 aromatic heterocycles. The molecule has 0 unspecified atom stereocenters. The van der Waals surface area contributed by atoms with Crippen molar-refractivity contribution in [1.82, 2.24) is 0 Å². The van der Waals surface area contributed by atoms with E-state index in [2.05, 4.69) is 56.5 Å². The van der Waals surface area contributed by atoms with Crippen LogP contribution in [0.2, 0.25) is 0 Å². The number of anilines is 2. The first kappa shape index (κ1) is 20.1. The van der Waals surface area contributed by atoms with Crippen LogP contribution in [0.3, 0.4) is 0 Å². The van der Waals surface area contributed by atoms with E-state index in [1.807, 2.05) is 18.2 Å². The Balaban J connectivity index is 1.60. The van der Waals surface area contributed by atoms with E-state index in [9.17, 15) is 4.79 Å². The highest BCUT2D eigenvalue weighted by Gasteiger charge is 2.16. The molecule has 5 nitrogen and oxygen atoms in total. The molecule has 1 aliphatic rings. The van der Waals surface area contributed by atoms with Gasteiger partial charge in [-0.15, -0.1) is 0 Å². The number of fused-ring (bicyclic) bond motifs is 1. The zero-order chi connectivity index (χ0) is 20.1. The molecule has 2 aromatic carbocycles. The third kappa shape index (κ3) is 4.77. The van der Waals surface area contributed by atoms with Crippen LogP contribution in [0.4, 0.5) is 11.4 Å². The van der Waals surface area contributed by atoms with Crippen LogP contribution < -0.4 is 20.1 Å². The monoisotopic (exact) mass is 382 g/mol. The van der Waals surface area contributed by atoms with E-state index in [0.29, 0.717) is 38.0 Å². The van der Waals surface area contributed by atoms with Crippen LogP contribution in [0.5, 0.6) is 11.5 Å². The summed E-state index contributed by atoms with van der Waals surface area (Å²) in [6.45, 7) is 10.3. The van der Waals surface area contributed by atoms with E-state index in [4.69, 9.17) is 9.47 Å². The Labute approximate surface area is 167 Å². The first-order valence-electron chi connectivity index (χ1n) is 10.0. The summed E-state index contributed by atoms with van der Waals surface area (Å²) in [5.41, 5.74) is 4.25. The lowest BCUT2D eigenvalue weighted by molar-refractivity contribution is -0.115. The molecule has 2 aromatic rings. The first-order valence-corrected chi connectivity index (χ1v) is 10.0. The lowest BCUT2D eigenvalue weighted by atomic mass is 9.92. The molecule has 0 saturated heterocycles. The zero-order valence-corrected chi connectivity index (χ0v) is 17.2. The summed E-state index contributed by atoms with van der Waals surface area (Å²) in [5.74, 6) is 2.23. The van der Waals surface area contributed by atoms with Gasteiger partial charge in [-0.3, -0.25) is 4.79 Å². The van der Waals surface area contributed by atoms with Gasteiger partial charge in [0.05, 0.1) is 0 Å². The molecule has 5 heteroatoms. The average Bonchev–Trinajstić information content (AvgIpc) is 2.67. The van der Waals surface area contributed by atoms with E-state index in [-0.39, 0.29) is 5.91 Å². The van der Waals surface area contributed by atoms with Gasteiger partial charge in [0.1, 0.15) is 13.2 Å². The Kier molecular flexibility index (Phi) is 6.45. The summed E-state index contributed by atoms with van der Waals surface area (Å²) < 4.78 is 11.1. The van der Waals surface area contributed by atoms with Crippen molar-refractivity contribution in [2.75, 3.05) is 30.4 Å². The van der Waals surface area contributed by atoms with Crippen LogP contribution in [-0.4, -0.2) is 25.7 Å². The highest BCUT2D eigenvalue weighted by Crippen LogP contribution is 2.33. The van der Waals surface area contributed by atoms with Crippen molar-refractivity contribution < 1.29 is 14.3 Å². The van der Waals surface area contributed by atoms with Crippen molar-refractivity contribution >= 4 is 17.3 Å². The van der Waals surface area contributed by atoms with Crippen molar-refractivity contribution in [1.29, 1.82) is 0 Å². The second kappa shape index (κ2) is 9.00. The van der Waals surface area contributed by atoms with Crippen LogP contribution in [0.1, 0.15) is 57.1 Å². The quantitative estimate of drug-likeness (QED) is 0.696. The van der Waals surface area contributed by atoms with Gasteiger partial charge in [0.2, 0.25) is 5.91 Å². The number of ether oxygens (including phenoxy) is 2. The molecule has 28 heavy (non-hydrogen) atoms. The fraction of sp³-hybridized carbons (Fsp3) is 0.435. The van der Waals surface area contributed by atoms with Crippen LogP contribution in [0.15, 0.2) is 36.4 Å². The Morgan fingerprint density at radius 3 is 2.25 bits per heavy atom. The topological polar surface area (TPSA) is 59.6 Å². The van der Waals surface area contributed by atoms with Crippen LogP contribution in [-0.2, 0) is 4.79 Å². The Morgan fingerprint density at radius 2 is 1.61 bits per heavy atom. The molecule has 0 saturated carbocycles. The molecule has 1 heterocycles. The van der Waals surface area contributed by atoms with Gasteiger partial charge in [-0.1, -0.05) is 45.9 Å². The Hall–Kier alpha value is -2.69. The van der Waals surface area contributed by atoms with E-state index in [0.717, 1.165) is 22.9 Å². The van der Waals surface area contributed by atoms with Gasteiger partial charge >= 0.3 is 0 Å². The lowest BCUT2D eigenvalue weighted by Crippen LogP contribution is -2.19. The van der Waals surface area contributed by atoms with Gasteiger partial charge in [0, 0.05) is 30.4 Å². The molecule has 0 fully saturated rings. The van der Waals surface area contributed by atoms with Gasteiger partial charge in [0.15, 0.2) is 11.5 Å². The predicted octanol–water partition coefficient (Wildman–Crippen LogP) is 5.15. The summed E-state index contributed by atoms with van der Waals surface area (Å²) in [4.78, 5) is 12.6. The number of hydrogen-bond acceptors (Lipinski definition) is 4. The minimum absolute atomic E-state index is 0.0139. The summed E-state index contributed by atoms with van der Waals surface area (Å²) in [6.07, 6.45) is 0.387. The highest BCUT2D eigenvalue weighted by atomic mass is 16.6. The second-order valence-electron chi connectivity index (χ2n) is 7.70. The fourth-order valence-electron chi connectivity index (χ4n) is 3.37. The predicted molar refractivity (Wildman–Crippen MR) is 114 cm³/mol. The van der Waals surface area contributed by atoms with Crippen LogP contribution >= 0.6 is 0 Å². The molecule has 1 aliphatic heterocycles. The number of carbonyl (C=O) groups excluding carboxylic acids is 1. The summed E-state index contributed by atoms with van der Waals surface area (Å²) in [7, 11) is 0. The Bertz CT molecular complexity index is 804. The third-order valence-corrected chi connectivity index (χ3v) is 4.86. The van der Waals surface area contributed by atoms with E-state index in [1.54, 1.807) is 0 Å². The average molecular weight is 383 g/mol. The molecule has 0 bridgehead atoms. The largest absolute Gasteiger partial charge is 0.486 e. The van der Waals surface area contributed by atoms with Gasteiger partial charge < -0.3 is 20.1 Å². The van der Waals surface area contributed by atoms with Gasteiger partial charge in [0.25, 0.3) is 0 Å². The summed E-state index contributed by atoms with van der Waals surface area (Å²) in [5, 5.41) is 6.44. The molecule has 150 valence electrons. The van der Waals surface area contributed by atoms with Crippen LogP contribution in [0, 0.1) is 0 Å². The maximum Gasteiger partial charge on any atom is 0.226 e. The number of nitrogens with one attached hydrogen (secondary N) is 2. The van der Waals surface area contributed by atoms with E-state index < -0.39 is 0 Å². The minimum atomic E-state index is 0.0139. The standard InChI is InChI=1S/C23H30N2O3/c1-15(2)18-6-5-7-19(16(3)4)23(18)25-22(26)10-11-24-17-8-9-20-21(14-17)28-13-12-27-20/h5-9,14-16,24H,10-13H2,1-4H3,(H,25,26). The Morgan fingerprint density at radius 1 is 0.964 bits per heavy atom. The minimum Gasteiger partial charge on any atom is -0.486 e. The van der Waals surface area contributed by atoms with Crippen molar-refractivity contribution in [3.8, 4) is 11.5 Å². The number of para-hydroxylation sites is 1. The lowest BCUT2D eigenvalue weighted by Gasteiger charge is -2.20. The van der Waals surface area contributed by atoms with E-state index in [1.165, 1.54) is 11.1 Å². The molecule has 2 N–H and O–H groups in total. The summed E-state index contributed by atoms with van der Waals surface area (Å²) >= 11 is 0. The number of carbonyl (C=O) groups is 1. The first-order chi connectivity index (χ1) is 13.5. The number of hydrogen-bond donors (Lipinski definition) is 2. The molecule has 0 atom stereocenters. The number of benzene rings is 2. The van der Waals surface area contributed by atoms with Crippen LogP contribution in [0.25, 0.3) is 0 Å². The van der Waals surface area contributed by atoms with Gasteiger partial charge in [-0.05, 0) is 35.1 Å². The van der Waals surface area contributed by atoms with Crippen molar-refractivity contribution in [2.24, 2.45) is 0 Å². The molecule has 3 rings (SSSR count). The second-order valence-corrected chi connectivity index (χ2v) is 7.70. The molecule has 0 radical (unpaired) electrons. The van der Waals surface area contributed by atoms with Crippen molar-refractivity contribution in [3.05, 3.63) is 47.5 Å². The van der Waals surface area contributed by atoms with Gasteiger partial charge in [-0.2, -0.15) is 0 Å². The third-order valence-electron chi connectivity index (χ3n) is 4.86. The molecular weight excluding hydrogens is 352 g/mol. The molecule has 1 amide bonds. The maximum absolute atomic E-state index is 12.6. The molecule has 0 aliphatic carbocycles. The molecule has 0 spiro atoms. The molecular formula is C23H30N2O3. The maximum atomic E-state index is 12.6. The SMILES string of the molecule is CC(C)c1cccc(C(C)C)c1NC(=O)CCNc1ccc2c(c1)OCCO2. The van der Waals surface area contributed by atoms with Crippen molar-refractivity contribution in [2.45, 2.75) is 46.0 Å². The number of amides is 1. The smallest absolute Gasteiger partial charge is 0.226 e. The van der Waals surface area contributed by atoms with Crippen molar-refractivity contribution in [3.63, 3.8) is 0 Å². The highest BCUT2D eigenvalue weighted by molar-refractivity contribution is 5.93. The summed E-state index contributed by atoms with van der Waals surface area (Å²) in [6, 6.07) is 12.0. The van der Waals surface area contributed by atoms with E-state index >= 15 is 0 Å². The number of rotatable bonds is 7. The van der Waals surface area contributed by atoms with Gasteiger partial charge in [-0.25, -0.2) is 0 Å².